The number of halogens is 2. The summed E-state index contributed by atoms with van der Waals surface area (Å²) in [7, 11) is 3.99. The van der Waals surface area contributed by atoms with Crippen LogP contribution in [0.2, 0.25) is 5.02 Å². The van der Waals surface area contributed by atoms with Crippen molar-refractivity contribution >= 4 is 56.6 Å². The van der Waals surface area contributed by atoms with Crippen LogP contribution in [0.15, 0.2) is 42.5 Å². The Morgan fingerprint density at radius 1 is 1.11 bits per heavy atom. The van der Waals surface area contributed by atoms with E-state index >= 15 is 0 Å². The van der Waals surface area contributed by atoms with Crippen molar-refractivity contribution in [1.29, 1.82) is 0 Å². The zero-order chi connectivity index (χ0) is 18.7. The maximum atomic E-state index is 13.1. The molecule has 27 heavy (non-hydrogen) atoms. The van der Waals surface area contributed by atoms with Gasteiger partial charge in [-0.1, -0.05) is 35.9 Å². The first-order chi connectivity index (χ1) is 12.5. The lowest BCUT2D eigenvalue weighted by atomic mass is 10.2. The van der Waals surface area contributed by atoms with Crippen LogP contribution in [0, 0.1) is 0 Å². The zero-order valence-corrected chi connectivity index (χ0v) is 18.0. The lowest BCUT2D eigenvalue weighted by Crippen LogP contribution is -2.36. The second-order valence-corrected chi connectivity index (χ2v) is 7.86. The molecule has 7 heteroatoms. The maximum Gasteiger partial charge on any atom is 0.260 e. The van der Waals surface area contributed by atoms with Crippen molar-refractivity contribution in [3.05, 3.63) is 58.6 Å². The SMILES string of the molecule is CCc1ccc2nc(N(CCN(C)C)C(=O)c3ccc(Cl)cc3)sc2c1.Cl. The van der Waals surface area contributed by atoms with E-state index in [2.05, 4.69) is 24.0 Å². The fourth-order valence-electron chi connectivity index (χ4n) is 2.62. The van der Waals surface area contributed by atoms with Crippen LogP contribution in [-0.4, -0.2) is 43.0 Å². The number of likely N-dealkylation sites (N-methyl/N-ethyl adjacent to an activating group) is 1. The number of aromatic nitrogens is 1. The summed E-state index contributed by atoms with van der Waals surface area (Å²) in [6.45, 7) is 3.47. The van der Waals surface area contributed by atoms with E-state index < -0.39 is 0 Å². The third-order valence-corrected chi connectivity index (χ3v) is 5.48. The van der Waals surface area contributed by atoms with E-state index in [0.29, 0.717) is 17.1 Å². The minimum Gasteiger partial charge on any atom is -0.308 e. The van der Waals surface area contributed by atoms with Crippen LogP contribution < -0.4 is 4.90 Å². The topological polar surface area (TPSA) is 36.4 Å². The summed E-state index contributed by atoms with van der Waals surface area (Å²) in [6, 6.07) is 13.3. The van der Waals surface area contributed by atoms with Crippen molar-refractivity contribution < 1.29 is 4.79 Å². The molecule has 1 amide bonds. The molecule has 0 N–H and O–H groups in total. The Bertz CT molecular complexity index is 909. The highest BCUT2D eigenvalue weighted by molar-refractivity contribution is 7.22. The minimum absolute atomic E-state index is 0. The van der Waals surface area contributed by atoms with E-state index in [1.165, 1.54) is 5.56 Å². The Morgan fingerprint density at radius 2 is 1.81 bits per heavy atom. The summed E-state index contributed by atoms with van der Waals surface area (Å²) in [5.41, 5.74) is 2.82. The number of hydrogen-bond donors (Lipinski definition) is 0. The molecular formula is C20H23Cl2N3OS. The molecule has 144 valence electrons. The first-order valence-electron chi connectivity index (χ1n) is 8.59. The van der Waals surface area contributed by atoms with Crippen molar-refractivity contribution in [3.8, 4) is 0 Å². The highest BCUT2D eigenvalue weighted by atomic mass is 35.5. The largest absolute Gasteiger partial charge is 0.308 e. The van der Waals surface area contributed by atoms with Crippen LogP contribution in [-0.2, 0) is 6.42 Å². The normalized spacial score (nSPS) is 10.9. The van der Waals surface area contributed by atoms with E-state index in [4.69, 9.17) is 16.6 Å². The third kappa shape index (κ3) is 5.20. The molecule has 4 nitrogen and oxygen atoms in total. The molecule has 0 aliphatic heterocycles. The molecular weight excluding hydrogens is 401 g/mol. The molecule has 3 aromatic rings. The molecule has 0 saturated heterocycles. The van der Waals surface area contributed by atoms with Crippen LogP contribution in [0.4, 0.5) is 5.13 Å². The average molecular weight is 424 g/mol. The summed E-state index contributed by atoms with van der Waals surface area (Å²) >= 11 is 7.52. The molecule has 1 heterocycles. The summed E-state index contributed by atoms with van der Waals surface area (Å²) in [4.78, 5) is 21.6. The Hall–Kier alpha value is -1.66. The Morgan fingerprint density at radius 3 is 2.44 bits per heavy atom. The summed E-state index contributed by atoms with van der Waals surface area (Å²) < 4.78 is 1.11. The zero-order valence-electron chi connectivity index (χ0n) is 15.6. The predicted octanol–water partition coefficient (Wildman–Crippen LogP) is 5.14. The molecule has 3 rings (SSSR count). The summed E-state index contributed by atoms with van der Waals surface area (Å²) in [5.74, 6) is -0.0571. The number of carbonyl (C=O) groups excluding carboxylic acids is 1. The first-order valence-corrected chi connectivity index (χ1v) is 9.79. The van der Waals surface area contributed by atoms with Gasteiger partial charge in [-0.15, -0.1) is 12.4 Å². The number of fused-ring (bicyclic) bond motifs is 1. The van der Waals surface area contributed by atoms with Gasteiger partial charge in [-0.05, 0) is 62.5 Å². The van der Waals surface area contributed by atoms with Gasteiger partial charge in [0.1, 0.15) is 0 Å². The van der Waals surface area contributed by atoms with Gasteiger partial charge in [-0.2, -0.15) is 0 Å². The Labute approximate surface area is 175 Å². The highest BCUT2D eigenvalue weighted by Gasteiger charge is 2.21. The fourth-order valence-corrected chi connectivity index (χ4v) is 3.80. The average Bonchev–Trinajstić information content (AvgIpc) is 3.04. The van der Waals surface area contributed by atoms with Gasteiger partial charge >= 0.3 is 0 Å². The van der Waals surface area contributed by atoms with Crippen molar-refractivity contribution in [2.45, 2.75) is 13.3 Å². The van der Waals surface area contributed by atoms with Crippen LogP contribution in [0.5, 0.6) is 0 Å². The molecule has 2 aromatic carbocycles. The summed E-state index contributed by atoms with van der Waals surface area (Å²) in [6.07, 6.45) is 0.983. The third-order valence-electron chi connectivity index (χ3n) is 4.19. The fraction of sp³-hybridized carbons (Fsp3) is 0.300. The summed E-state index contributed by atoms with van der Waals surface area (Å²) in [5, 5.41) is 1.35. The Kier molecular flexibility index (Phi) is 7.62. The molecule has 0 unspecified atom stereocenters. The Balaban J connectivity index is 0.00000261. The van der Waals surface area contributed by atoms with Crippen LogP contribution in [0.3, 0.4) is 0 Å². The standard InChI is InChI=1S/C20H22ClN3OS.ClH/c1-4-14-5-10-17-18(13-14)26-20(22-17)24(12-11-23(2)3)19(25)15-6-8-16(21)9-7-15;/h5-10,13H,4,11-12H2,1-3H3;1H. The first kappa shape index (κ1) is 21.6. The van der Waals surface area contributed by atoms with Gasteiger partial charge in [0.2, 0.25) is 0 Å². The molecule has 0 spiro atoms. The second kappa shape index (κ2) is 9.51. The van der Waals surface area contributed by atoms with Crippen molar-refractivity contribution in [2.75, 3.05) is 32.1 Å². The van der Waals surface area contributed by atoms with Gasteiger partial charge in [0, 0.05) is 23.7 Å². The predicted molar refractivity (Wildman–Crippen MR) is 118 cm³/mol. The van der Waals surface area contributed by atoms with E-state index in [0.717, 1.165) is 28.3 Å². The molecule has 0 aliphatic rings. The van der Waals surface area contributed by atoms with E-state index in [-0.39, 0.29) is 18.3 Å². The van der Waals surface area contributed by atoms with Gasteiger partial charge in [0.05, 0.1) is 10.2 Å². The minimum atomic E-state index is -0.0571. The quantitative estimate of drug-likeness (QED) is 0.550. The van der Waals surface area contributed by atoms with Crippen LogP contribution >= 0.6 is 35.3 Å². The van der Waals surface area contributed by atoms with E-state index in [1.54, 1.807) is 40.5 Å². The number of anilines is 1. The molecule has 0 atom stereocenters. The molecule has 0 aliphatic carbocycles. The number of nitrogens with zero attached hydrogens (tertiary/aromatic N) is 3. The number of thiazole rings is 1. The number of carbonyl (C=O) groups is 1. The lowest BCUT2D eigenvalue weighted by Gasteiger charge is -2.22. The van der Waals surface area contributed by atoms with Crippen molar-refractivity contribution in [3.63, 3.8) is 0 Å². The number of amides is 1. The maximum absolute atomic E-state index is 13.1. The number of aryl methyl sites for hydroxylation is 1. The van der Waals surface area contributed by atoms with Crippen molar-refractivity contribution in [2.24, 2.45) is 0 Å². The van der Waals surface area contributed by atoms with Gasteiger partial charge in [-0.25, -0.2) is 4.98 Å². The highest BCUT2D eigenvalue weighted by Crippen LogP contribution is 2.30. The number of hydrogen-bond acceptors (Lipinski definition) is 4. The van der Waals surface area contributed by atoms with Gasteiger partial charge < -0.3 is 4.90 Å². The molecule has 1 aromatic heterocycles. The van der Waals surface area contributed by atoms with Gasteiger partial charge in [0.25, 0.3) is 5.91 Å². The smallest absolute Gasteiger partial charge is 0.260 e. The molecule has 0 fully saturated rings. The van der Waals surface area contributed by atoms with Crippen molar-refractivity contribution in [1.82, 2.24) is 9.88 Å². The van der Waals surface area contributed by atoms with Crippen LogP contribution in [0.25, 0.3) is 10.2 Å². The molecule has 0 bridgehead atoms. The lowest BCUT2D eigenvalue weighted by molar-refractivity contribution is 0.0985. The second-order valence-electron chi connectivity index (χ2n) is 6.42. The number of benzene rings is 2. The molecule has 0 radical (unpaired) electrons. The monoisotopic (exact) mass is 423 g/mol. The van der Waals surface area contributed by atoms with E-state index in [1.807, 2.05) is 20.2 Å². The molecule has 0 saturated carbocycles. The van der Waals surface area contributed by atoms with Gasteiger partial charge in [-0.3, -0.25) is 9.69 Å². The van der Waals surface area contributed by atoms with Crippen LogP contribution in [0.1, 0.15) is 22.8 Å². The number of rotatable bonds is 6. The van der Waals surface area contributed by atoms with E-state index in [9.17, 15) is 4.79 Å². The van der Waals surface area contributed by atoms with Gasteiger partial charge in [0.15, 0.2) is 5.13 Å².